The number of nitrogens with zero attached hydrogens (tertiary/aromatic N) is 2. The van der Waals surface area contributed by atoms with Crippen molar-refractivity contribution in [2.75, 3.05) is 0 Å². The Labute approximate surface area is 144 Å². The van der Waals surface area contributed by atoms with E-state index < -0.39 is 11.6 Å². The SMILES string of the molecule is CCc1ncn(-c2cc(Cl)ccc2Cc2c(F)cccc2F)c1C. The summed E-state index contributed by atoms with van der Waals surface area (Å²) in [5.74, 6) is -1.10. The molecule has 0 saturated heterocycles. The molecule has 3 aromatic rings. The lowest BCUT2D eigenvalue weighted by atomic mass is 10.0. The molecule has 0 unspecified atom stereocenters. The first-order valence-corrected chi connectivity index (χ1v) is 8.13. The van der Waals surface area contributed by atoms with E-state index in [0.717, 1.165) is 29.1 Å². The van der Waals surface area contributed by atoms with Gasteiger partial charge < -0.3 is 4.57 Å². The van der Waals surface area contributed by atoms with Gasteiger partial charge in [-0.3, -0.25) is 0 Å². The number of benzene rings is 2. The minimum atomic E-state index is -0.549. The summed E-state index contributed by atoms with van der Waals surface area (Å²) in [4.78, 5) is 4.40. The van der Waals surface area contributed by atoms with Crippen molar-refractivity contribution in [3.63, 3.8) is 0 Å². The van der Waals surface area contributed by atoms with Gasteiger partial charge in [0.2, 0.25) is 0 Å². The maximum Gasteiger partial charge on any atom is 0.129 e. The van der Waals surface area contributed by atoms with Crippen LogP contribution in [0.2, 0.25) is 5.02 Å². The molecule has 0 amide bonds. The second-order valence-corrected chi connectivity index (χ2v) is 6.09. The first-order valence-electron chi connectivity index (χ1n) is 7.75. The summed E-state index contributed by atoms with van der Waals surface area (Å²) >= 11 is 6.14. The van der Waals surface area contributed by atoms with Gasteiger partial charge in [-0.25, -0.2) is 13.8 Å². The number of imidazole rings is 1. The van der Waals surface area contributed by atoms with Crippen LogP contribution in [0, 0.1) is 18.6 Å². The third-order valence-electron chi connectivity index (χ3n) is 4.18. The normalized spacial score (nSPS) is 11.0. The summed E-state index contributed by atoms with van der Waals surface area (Å²) in [6.45, 7) is 4.01. The smallest absolute Gasteiger partial charge is 0.129 e. The summed E-state index contributed by atoms with van der Waals surface area (Å²) in [5, 5.41) is 0.564. The molecule has 2 aromatic carbocycles. The van der Waals surface area contributed by atoms with Gasteiger partial charge in [-0.1, -0.05) is 30.7 Å². The largest absolute Gasteiger partial charge is 0.303 e. The maximum atomic E-state index is 14.0. The summed E-state index contributed by atoms with van der Waals surface area (Å²) in [5.41, 5.74) is 3.60. The molecule has 124 valence electrons. The van der Waals surface area contributed by atoms with Crippen molar-refractivity contribution in [2.45, 2.75) is 26.7 Å². The Bertz CT molecular complexity index is 867. The number of halogens is 3. The molecule has 2 nitrogen and oxygen atoms in total. The standard InChI is InChI=1S/C19H17ClF2N2/c1-3-18-12(2)24(11-23-18)19-10-14(20)8-7-13(19)9-15-16(21)5-4-6-17(15)22/h4-8,10-11H,3,9H2,1-2H3. The lowest BCUT2D eigenvalue weighted by molar-refractivity contribution is 0.561. The van der Waals surface area contributed by atoms with Crippen molar-refractivity contribution in [2.24, 2.45) is 0 Å². The van der Waals surface area contributed by atoms with E-state index in [0.29, 0.717) is 5.02 Å². The lowest BCUT2D eigenvalue weighted by Gasteiger charge is -2.14. The van der Waals surface area contributed by atoms with Crippen LogP contribution in [0.25, 0.3) is 5.69 Å². The van der Waals surface area contributed by atoms with Gasteiger partial charge in [0.05, 0.1) is 17.7 Å². The Kier molecular flexibility index (Phi) is 4.67. The molecule has 24 heavy (non-hydrogen) atoms. The fourth-order valence-corrected chi connectivity index (χ4v) is 3.01. The van der Waals surface area contributed by atoms with Gasteiger partial charge in [-0.05, 0) is 43.2 Å². The molecule has 0 saturated carbocycles. The number of aryl methyl sites for hydroxylation is 1. The van der Waals surface area contributed by atoms with Crippen LogP contribution in [0.3, 0.4) is 0 Å². The van der Waals surface area contributed by atoms with E-state index in [-0.39, 0.29) is 12.0 Å². The number of hydrogen-bond acceptors (Lipinski definition) is 1. The van der Waals surface area contributed by atoms with Crippen molar-refractivity contribution < 1.29 is 8.78 Å². The molecule has 1 heterocycles. The quantitative estimate of drug-likeness (QED) is 0.629. The third kappa shape index (κ3) is 3.06. The fraction of sp³-hybridized carbons (Fsp3) is 0.211. The van der Waals surface area contributed by atoms with E-state index in [9.17, 15) is 8.78 Å². The molecule has 3 rings (SSSR count). The third-order valence-corrected chi connectivity index (χ3v) is 4.41. The molecular weight excluding hydrogens is 330 g/mol. The highest BCUT2D eigenvalue weighted by Gasteiger charge is 2.15. The Balaban J connectivity index is 2.11. The predicted molar refractivity (Wildman–Crippen MR) is 91.9 cm³/mol. The van der Waals surface area contributed by atoms with Crippen LogP contribution >= 0.6 is 11.6 Å². The molecule has 0 bridgehead atoms. The summed E-state index contributed by atoms with van der Waals surface area (Å²) in [6, 6.07) is 9.23. The number of aromatic nitrogens is 2. The van der Waals surface area contributed by atoms with Crippen LogP contribution in [0.15, 0.2) is 42.7 Å². The average Bonchev–Trinajstić information content (AvgIpc) is 2.93. The van der Waals surface area contributed by atoms with Crippen LogP contribution in [0.4, 0.5) is 8.78 Å². The minimum Gasteiger partial charge on any atom is -0.303 e. The second kappa shape index (κ2) is 6.73. The van der Waals surface area contributed by atoms with Gasteiger partial charge in [-0.2, -0.15) is 0 Å². The van der Waals surface area contributed by atoms with Gasteiger partial charge >= 0.3 is 0 Å². The molecule has 0 aliphatic rings. The molecule has 0 atom stereocenters. The average molecular weight is 347 g/mol. The summed E-state index contributed by atoms with van der Waals surface area (Å²) in [6.07, 6.45) is 2.68. The van der Waals surface area contributed by atoms with E-state index >= 15 is 0 Å². The highest BCUT2D eigenvalue weighted by Crippen LogP contribution is 2.26. The second-order valence-electron chi connectivity index (χ2n) is 5.65. The first kappa shape index (κ1) is 16.7. The Hall–Kier alpha value is -2.20. The monoisotopic (exact) mass is 346 g/mol. The maximum absolute atomic E-state index is 14.0. The highest BCUT2D eigenvalue weighted by molar-refractivity contribution is 6.30. The van der Waals surface area contributed by atoms with E-state index in [1.165, 1.54) is 18.2 Å². The Morgan fingerprint density at radius 1 is 1.12 bits per heavy atom. The molecule has 0 spiro atoms. The fourth-order valence-electron chi connectivity index (χ4n) is 2.84. The van der Waals surface area contributed by atoms with Crippen molar-refractivity contribution >= 4 is 11.6 Å². The van der Waals surface area contributed by atoms with Gasteiger partial charge in [0.25, 0.3) is 0 Å². The summed E-state index contributed by atoms with van der Waals surface area (Å²) in [7, 11) is 0. The lowest BCUT2D eigenvalue weighted by Crippen LogP contribution is -2.04. The van der Waals surface area contributed by atoms with Gasteiger partial charge in [0.1, 0.15) is 11.6 Å². The molecular formula is C19H17ClF2N2. The van der Waals surface area contributed by atoms with E-state index in [2.05, 4.69) is 4.98 Å². The van der Waals surface area contributed by atoms with Gasteiger partial charge in [0.15, 0.2) is 0 Å². The zero-order chi connectivity index (χ0) is 17.3. The molecule has 1 aromatic heterocycles. The topological polar surface area (TPSA) is 17.8 Å². The zero-order valence-corrected chi connectivity index (χ0v) is 14.2. The molecule has 0 aliphatic heterocycles. The highest BCUT2D eigenvalue weighted by atomic mass is 35.5. The van der Waals surface area contributed by atoms with Crippen molar-refractivity contribution in [1.82, 2.24) is 9.55 Å². The molecule has 0 N–H and O–H groups in total. The molecule has 0 aliphatic carbocycles. The predicted octanol–water partition coefficient (Wildman–Crippen LogP) is 5.27. The molecule has 0 fully saturated rings. The Morgan fingerprint density at radius 2 is 1.83 bits per heavy atom. The first-order chi connectivity index (χ1) is 11.5. The van der Waals surface area contributed by atoms with E-state index in [1.807, 2.05) is 18.4 Å². The molecule has 5 heteroatoms. The van der Waals surface area contributed by atoms with Crippen molar-refractivity contribution in [3.05, 3.63) is 81.9 Å². The summed E-state index contributed by atoms with van der Waals surface area (Å²) < 4.78 is 29.9. The minimum absolute atomic E-state index is 0.0505. The van der Waals surface area contributed by atoms with Crippen LogP contribution in [0.1, 0.15) is 29.4 Å². The van der Waals surface area contributed by atoms with Crippen LogP contribution in [-0.4, -0.2) is 9.55 Å². The van der Waals surface area contributed by atoms with Crippen LogP contribution in [0.5, 0.6) is 0 Å². The van der Waals surface area contributed by atoms with Gasteiger partial charge in [-0.15, -0.1) is 0 Å². The molecule has 0 radical (unpaired) electrons. The van der Waals surface area contributed by atoms with Crippen molar-refractivity contribution in [1.29, 1.82) is 0 Å². The van der Waals surface area contributed by atoms with Gasteiger partial charge in [0, 0.05) is 22.7 Å². The number of hydrogen-bond donors (Lipinski definition) is 0. The number of rotatable bonds is 4. The van der Waals surface area contributed by atoms with E-state index in [1.54, 1.807) is 24.5 Å². The zero-order valence-electron chi connectivity index (χ0n) is 13.5. The van der Waals surface area contributed by atoms with Crippen LogP contribution in [-0.2, 0) is 12.8 Å². The van der Waals surface area contributed by atoms with Crippen LogP contribution < -0.4 is 0 Å². The Morgan fingerprint density at radius 3 is 2.46 bits per heavy atom. The van der Waals surface area contributed by atoms with E-state index in [4.69, 9.17) is 11.6 Å². The van der Waals surface area contributed by atoms with Crippen molar-refractivity contribution in [3.8, 4) is 5.69 Å².